The van der Waals surface area contributed by atoms with E-state index in [2.05, 4.69) is 33.0 Å². The van der Waals surface area contributed by atoms with E-state index in [1.807, 2.05) is 18.4 Å². The second-order valence-electron chi connectivity index (χ2n) is 7.12. The zero-order valence-electron chi connectivity index (χ0n) is 14.2. The molecule has 0 aliphatic heterocycles. The molecule has 0 saturated heterocycles. The van der Waals surface area contributed by atoms with Gasteiger partial charge in [-0.25, -0.2) is 4.98 Å². The summed E-state index contributed by atoms with van der Waals surface area (Å²) in [5.41, 5.74) is 1.22. The molecule has 1 aliphatic carbocycles. The third-order valence-electron chi connectivity index (χ3n) is 4.31. The van der Waals surface area contributed by atoms with Crippen molar-refractivity contribution in [2.24, 2.45) is 0 Å². The van der Waals surface area contributed by atoms with Crippen LogP contribution in [0.1, 0.15) is 75.4 Å². The van der Waals surface area contributed by atoms with Gasteiger partial charge in [0.2, 0.25) is 0 Å². The van der Waals surface area contributed by atoms with E-state index in [4.69, 9.17) is 9.72 Å². The number of hydrogen-bond acceptors (Lipinski definition) is 4. The molecule has 0 radical (unpaired) electrons. The van der Waals surface area contributed by atoms with Crippen LogP contribution in [-0.2, 0) is 22.3 Å². The fourth-order valence-corrected chi connectivity index (χ4v) is 4.55. The quantitative estimate of drug-likeness (QED) is 0.793. The maximum Gasteiger partial charge on any atom is 0.125 e. The summed E-state index contributed by atoms with van der Waals surface area (Å²) in [7, 11) is 1.85. The van der Waals surface area contributed by atoms with Crippen molar-refractivity contribution in [3.63, 3.8) is 0 Å². The van der Waals surface area contributed by atoms with E-state index < -0.39 is 0 Å². The lowest BCUT2D eigenvalue weighted by molar-refractivity contribution is -0.00903. The highest BCUT2D eigenvalue weighted by Crippen LogP contribution is 2.45. The summed E-state index contributed by atoms with van der Waals surface area (Å²) in [6.07, 6.45) is 5.90. The molecular weight excluding hydrogens is 280 g/mol. The van der Waals surface area contributed by atoms with E-state index >= 15 is 0 Å². The predicted octanol–water partition coefficient (Wildman–Crippen LogP) is 4.36. The van der Waals surface area contributed by atoms with E-state index in [9.17, 15) is 0 Å². The van der Waals surface area contributed by atoms with Gasteiger partial charge in [-0.2, -0.15) is 0 Å². The van der Waals surface area contributed by atoms with Crippen molar-refractivity contribution in [2.75, 3.05) is 13.7 Å². The SMILES string of the molecule is CCCNCc1sc(C2(OC)CCCC2)nc1C(C)(C)C. The number of aromatic nitrogens is 1. The fourth-order valence-electron chi connectivity index (χ4n) is 3.08. The van der Waals surface area contributed by atoms with Crippen molar-refractivity contribution in [2.45, 2.75) is 77.4 Å². The average Bonchev–Trinajstić information content (AvgIpc) is 3.05. The Morgan fingerprint density at radius 3 is 2.48 bits per heavy atom. The number of thiazole rings is 1. The average molecular weight is 311 g/mol. The summed E-state index contributed by atoms with van der Waals surface area (Å²) in [6, 6.07) is 0. The molecule has 0 amide bonds. The number of methoxy groups -OCH3 is 1. The van der Waals surface area contributed by atoms with E-state index in [1.165, 1.54) is 34.8 Å². The normalized spacial score (nSPS) is 18.3. The molecule has 1 aromatic rings. The first-order chi connectivity index (χ1) is 9.93. The molecule has 0 bridgehead atoms. The van der Waals surface area contributed by atoms with Crippen LogP contribution in [0.5, 0.6) is 0 Å². The summed E-state index contributed by atoms with van der Waals surface area (Å²) >= 11 is 1.86. The first kappa shape index (κ1) is 16.9. The molecule has 1 fully saturated rings. The molecule has 120 valence electrons. The van der Waals surface area contributed by atoms with Crippen LogP contribution in [-0.4, -0.2) is 18.6 Å². The van der Waals surface area contributed by atoms with Crippen LogP contribution in [0.15, 0.2) is 0 Å². The van der Waals surface area contributed by atoms with Crippen LogP contribution in [0.4, 0.5) is 0 Å². The fraction of sp³-hybridized carbons (Fsp3) is 0.824. The van der Waals surface area contributed by atoms with Gasteiger partial charge in [0.15, 0.2) is 0 Å². The number of nitrogens with one attached hydrogen (secondary N) is 1. The largest absolute Gasteiger partial charge is 0.371 e. The Balaban J connectivity index is 2.31. The van der Waals surface area contributed by atoms with Gasteiger partial charge < -0.3 is 10.1 Å². The Hall–Kier alpha value is -0.450. The van der Waals surface area contributed by atoms with E-state index in [0.29, 0.717) is 0 Å². The molecule has 1 aromatic heterocycles. The van der Waals surface area contributed by atoms with Gasteiger partial charge in [-0.3, -0.25) is 0 Å². The van der Waals surface area contributed by atoms with Crippen molar-refractivity contribution in [1.29, 1.82) is 0 Å². The standard InChI is InChI=1S/C17H30N2OS/c1-6-11-18-12-13-14(16(2,3)4)19-15(21-13)17(20-5)9-7-8-10-17/h18H,6-12H2,1-5H3. The molecule has 0 atom stereocenters. The molecule has 1 aliphatic rings. The molecule has 0 unspecified atom stereocenters. The Bertz CT molecular complexity index is 456. The lowest BCUT2D eigenvalue weighted by atomic mass is 9.91. The van der Waals surface area contributed by atoms with Crippen LogP contribution in [0.2, 0.25) is 0 Å². The third kappa shape index (κ3) is 3.66. The summed E-state index contributed by atoms with van der Waals surface area (Å²) in [4.78, 5) is 6.42. The van der Waals surface area contributed by atoms with Crippen molar-refractivity contribution < 1.29 is 4.74 Å². The first-order valence-electron chi connectivity index (χ1n) is 8.19. The van der Waals surface area contributed by atoms with Gasteiger partial charge in [0.1, 0.15) is 10.6 Å². The summed E-state index contributed by atoms with van der Waals surface area (Å²) in [6.45, 7) is 11.0. The first-order valence-corrected chi connectivity index (χ1v) is 9.01. The third-order valence-corrected chi connectivity index (χ3v) is 5.55. The highest BCUT2D eigenvalue weighted by molar-refractivity contribution is 7.11. The molecule has 3 nitrogen and oxygen atoms in total. The second kappa shape index (κ2) is 6.76. The molecule has 21 heavy (non-hydrogen) atoms. The minimum atomic E-state index is -0.117. The van der Waals surface area contributed by atoms with E-state index in [0.717, 1.165) is 25.9 Å². The highest BCUT2D eigenvalue weighted by Gasteiger charge is 2.40. The van der Waals surface area contributed by atoms with Gasteiger partial charge in [-0.1, -0.05) is 40.5 Å². The lowest BCUT2D eigenvalue weighted by Gasteiger charge is -2.25. The van der Waals surface area contributed by atoms with Gasteiger partial charge in [0, 0.05) is 23.9 Å². The molecule has 1 saturated carbocycles. The van der Waals surface area contributed by atoms with Gasteiger partial charge in [-0.05, 0) is 25.8 Å². The monoisotopic (exact) mass is 310 g/mol. The Morgan fingerprint density at radius 1 is 1.29 bits per heavy atom. The van der Waals surface area contributed by atoms with Crippen LogP contribution in [0.25, 0.3) is 0 Å². The smallest absolute Gasteiger partial charge is 0.125 e. The minimum Gasteiger partial charge on any atom is -0.371 e. The van der Waals surface area contributed by atoms with Crippen LogP contribution >= 0.6 is 11.3 Å². The van der Waals surface area contributed by atoms with Crippen molar-refractivity contribution in [3.05, 3.63) is 15.6 Å². The molecule has 1 N–H and O–H groups in total. The van der Waals surface area contributed by atoms with E-state index in [-0.39, 0.29) is 11.0 Å². The Morgan fingerprint density at radius 2 is 1.95 bits per heavy atom. The summed E-state index contributed by atoms with van der Waals surface area (Å²) in [5, 5.41) is 4.72. The van der Waals surface area contributed by atoms with E-state index in [1.54, 1.807) is 0 Å². The number of nitrogens with zero attached hydrogens (tertiary/aromatic N) is 1. The lowest BCUT2D eigenvalue weighted by Crippen LogP contribution is -2.24. The molecule has 2 rings (SSSR count). The number of ether oxygens (including phenoxy) is 1. The second-order valence-corrected chi connectivity index (χ2v) is 8.21. The number of rotatable bonds is 6. The molecule has 0 spiro atoms. The summed E-state index contributed by atoms with van der Waals surface area (Å²) < 4.78 is 5.92. The Labute approximate surface area is 133 Å². The van der Waals surface area contributed by atoms with Crippen molar-refractivity contribution >= 4 is 11.3 Å². The maximum atomic E-state index is 5.92. The molecule has 0 aromatic carbocycles. The zero-order chi connectivity index (χ0) is 15.5. The van der Waals surface area contributed by atoms with Crippen molar-refractivity contribution in [3.8, 4) is 0 Å². The van der Waals surface area contributed by atoms with Gasteiger partial charge >= 0.3 is 0 Å². The Kier molecular flexibility index (Phi) is 5.44. The predicted molar refractivity (Wildman–Crippen MR) is 90.0 cm³/mol. The molecule has 1 heterocycles. The zero-order valence-corrected chi connectivity index (χ0v) is 15.0. The topological polar surface area (TPSA) is 34.1 Å². The maximum absolute atomic E-state index is 5.92. The van der Waals surface area contributed by atoms with Crippen molar-refractivity contribution in [1.82, 2.24) is 10.3 Å². The highest BCUT2D eigenvalue weighted by atomic mass is 32.1. The summed E-state index contributed by atoms with van der Waals surface area (Å²) in [5.74, 6) is 0. The van der Waals surface area contributed by atoms with Crippen LogP contribution in [0, 0.1) is 0 Å². The number of hydrogen-bond donors (Lipinski definition) is 1. The molecular formula is C17H30N2OS. The van der Waals surface area contributed by atoms with Gasteiger partial charge in [-0.15, -0.1) is 11.3 Å². The van der Waals surface area contributed by atoms with Crippen LogP contribution in [0.3, 0.4) is 0 Å². The minimum absolute atomic E-state index is 0.0888. The van der Waals surface area contributed by atoms with Crippen LogP contribution < -0.4 is 5.32 Å². The van der Waals surface area contributed by atoms with Gasteiger partial charge in [0.05, 0.1) is 5.69 Å². The molecule has 4 heteroatoms. The van der Waals surface area contributed by atoms with Gasteiger partial charge in [0.25, 0.3) is 0 Å².